The van der Waals surface area contributed by atoms with Crippen molar-refractivity contribution in [1.29, 1.82) is 0 Å². The highest BCUT2D eigenvalue weighted by Crippen LogP contribution is 2.25. The van der Waals surface area contributed by atoms with E-state index in [4.69, 9.17) is 16.3 Å². The summed E-state index contributed by atoms with van der Waals surface area (Å²) in [7, 11) is -3.61. The van der Waals surface area contributed by atoms with Crippen LogP contribution in [0.1, 0.15) is 26.3 Å². The van der Waals surface area contributed by atoms with E-state index < -0.39 is 15.9 Å². The highest BCUT2D eigenvalue weighted by Gasteiger charge is 2.21. The third-order valence-electron chi connectivity index (χ3n) is 4.22. The van der Waals surface area contributed by atoms with Crippen LogP contribution in [0.5, 0.6) is 5.75 Å². The van der Waals surface area contributed by atoms with Crippen LogP contribution in [-0.4, -0.2) is 40.3 Å². The minimum Gasteiger partial charge on any atom is -0.492 e. The maximum Gasteiger partial charge on any atom is 0.240 e. The predicted octanol–water partition coefficient (Wildman–Crippen LogP) is 3.60. The number of carbonyl (C=O) groups excluding carboxylic acids is 1. The first kappa shape index (κ1) is 23.0. The zero-order chi connectivity index (χ0) is 21.7. The van der Waals surface area contributed by atoms with E-state index in [1.807, 2.05) is 12.1 Å². The number of amides is 1. The summed E-state index contributed by atoms with van der Waals surface area (Å²) >= 11 is 5.81. The average molecular weight is 439 g/mol. The molecule has 0 saturated heterocycles. The number of halogens is 1. The highest BCUT2D eigenvalue weighted by molar-refractivity contribution is 7.92. The normalized spacial score (nSPS) is 11.8. The minimum absolute atomic E-state index is 0.0457. The molecule has 8 heteroatoms. The Labute approximate surface area is 177 Å². The molecule has 0 spiro atoms. The molecule has 158 valence electrons. The van der Waals surface area contributed by atoms with Gasteiger partial charge in [-0.25, -0.2) is 8.42 Å². The molecule has 0 heterocycles. The van der Waals surface area contributed by atoms with Crippen molar-refractivity contribution in [2.24, 2.45) is 0 Å². The van der Waals surface area contributed by atoms with Gasteiger partial charge >= 0.3 is 0 Å². The van der Waals surface area contributed by atoms with Gasteiger partial charge in [0.25, 0.3) is 0 Å². The number of sulfonamides is 1. The fourth-order valence-electron chi connectivity index (χ4n) is 2.60. The second-order valence-electron chi connectivity index (χ2n) is 7.72. The molecule has 0 saturated carbocycles. The lowest BCUT2D eigenvalue weighted by Crippen LogP contribution is -2.41. The summed E-state index contributed by atoms with van der Waals surface area (Å²) in [5.74, 6) is 0.232. The summed E-state index contributed by atoms with van der Waals surface area (Å²) in [6.07, 6.45) is 1.08. The molecule has 2 aromatic carbocycles. The van der Waals surface area contributed by atoms with Gasteiger partial charge in [0.2, 0.25) is 15.9 Å². The van der Waals surface area contributed by atoms with Crippen LogP contribution in [0.3, 0.4) is 0 Å². The van der Waals surface area contributed by atoms with Gasteiger partial charge < -0.3 is 10.1 Å². The molecule has 6 nitrogen and oxygen atoms in total. The van der Waals surface area contributed by atoms with Gasteiger partial charge in [-0.15, -0.1) is 0 Å². The lowest BCUT2D eigenvalue weighted by molar-refractivity contribution is -0.119. The molecule has 0 aromatic heterocycles. The van der Waals surface area contributed by atoms with Crippen LogP contribution in [0.15, 0.2) is 48.5 Å². The zero-order valence-electron chi connectivity index (χ0n) is 17.1. The third-order valence-corrected chi connectivity index (χ3v) is 5.61. The van der Waals surface area contributed by atoms with Gasteiger partial charge in [0.15, 0.2) is 0 Å². The van der Waals surface area contributed by atoms with Crippen LogP contribution in [-0.2, 0) is 20.2 Å². The molecule has 2 rings (SSSR count). The van der Waals surface area contributed by atoms with E-state index in [1.54, 1.807) is 36.4 Å². The molecule has 1 N–H and O–H groups in total. The Hall–Kier alpha value is -2.25. The Bertz CT molecular complexity index is 921. The molecule has 1 amide bonds. The standard InChI is InChI=1S/C21H27ClN2O4S/c1-21(2,3)16-5-9-18(10-6-16)24(29(4,26)27)15-20(25)23-13-14-28-19-11-7-17(22)8-12-19/h5-12H,13-15H2,1-4H3,(H,23,25). The van der Waals surface area contributed by atoms with Crippen molar-refractivity contribution in [3.8, 4) is 5.75 Å². The molecule has 0 aliphatic heterocycles. The number of carbonyl (C=O) groups is 1. The van der Waals surface area contributed by atoms with E-state index in [-0.39, 0.29) is 25.1 Å². The van der Waals surface area contributed by atoms with Gasteiger partial charge in [-0.2, -0.15) is 0 Å². The van der Waals surface area contributed by atoms with Crippen LogP contribution in [0, 0.1) is 0 Å². The largest absolute Gasteiger partial charge is 0.492 e. The molecule has 0 atom stereocenters. The smallest absolute Gasteiger partial charge is 0.240 e. The molecule has 29 heavy (non-hydrogen) atoms. The molecule has 0 fully saturated rings. The summed E-state index contributed by atoms with van der Waals surface area (Å²) in [4.78, 5) is 12.3. The van der Waals surface area contributed by atoms with E-state index in [0.29, 0.717) is 16.5 Å². The lowest BCUT2D eigenvalue weighted by atomic mass is 9.87. The Morgan fingerprint density at radius 1 is 1.07 bits per heavy atom. The van der Waals surface area contributed by atoms with Gasteiger partial charge in [0, 0.05) is 5.02 Å². The highest BCUT2D eigenvalue weighted by atomic mass is 35.5. The van der Waals surface area contributed by atoms with Gasteiger partial charge in [-0.3, -0.25) is 9.10 Å². The number of nitrogens with one attached hydrogen (secondary N) is 1. The maximum absolute atomic E-state index is 12.3. The number of hydrogen-bond donors (Lipinski definition) is 1. The van der Waals surface area contributed by atoms with Crippen LogP contribution in [0.4, 0.5) is 5.69 Å². The fraction of sp³-hybridized carbons (Fsp3) is 0.381. The second-order valence-corrected chi connectivity index (χ2v) is 10.1. The molecule has 0 aliphatic rings. The van der Waals surface area contributed by atoms with Crippen molar-refractivity contribution in [2.75, 3.05) is 30.3 Å². The molecule has 0 aliphatic carbocycles. The predicted molar refractivity (Wildman–Crippen MR) is 117 cm³/mol. The van der Waals surface area contributed by atoms with E-state index in [9.17, 15) is 13.2 Å². The number of nitrogens with zero attached hydrogens (tertiary/aromatic N) is 1. The quantitative estimate of drug-likeness (QED) is 0.639. The van der Waals surface area contributed by atoms with E-state index in [0.717, 1.165) is 16.1 Å². The molecular weight excluding hydrogens is 412 g/mol. The summed E-state index contributed by atoms with van der Waals surface area (Å²) in [6, 6.07) is 14.1. The average Bonchev–Trinajstić information content (AvgIpc) is 2.63. The summed E-state index contributed by atoms with van der Waals surface area (Å²) < 4.78 is 31.0. The molecule has 0 unspecified atom stereocenters. The van der Waals surface area contributed by atoms with Crippen molar-refractivity contribution in [3.63, 3.8) is 0 Å². The van der Waals surface area contributed by atoms with Crippen molar-refractivity contribution in [3.05, 3.63) is 59.1 Å². The van der Waals surface area contributed by atoms with E-state index in [2.05, 4.69) is 26.1 Å². The second kappa shape index (κ2) is 9.50. The van der Waals surface area contributed by atoms with E-state index >= 15 is 0 Å². The minimum atomic E-state index is -3.61. The van der Waals surface area contributed by atoms with Crippen LogP contribution in [0.25, 0.3) is 0 Å². The first-order valence-electron chi connectivity index (χ1n) is 9.20. The van der Waals surface area contributed by atoms with Crippen LogP contribution in [0.2, 0.25) is 5.02 Å². The van der Waals surface area contributed by atoms with Crippen molar-refractivity contribution < 1.29 is 17.9 Å². The SMILES string of the molecule is CC(C)(C)c1ccc(N(CC(=O)NCCOc2ccc(Cl)cc2)S(C)(=O)=O)cc1. The van der Waals surface area contributed by atoms with Gasteiger partial charge in [0.1, 0.15) is 18.9 Å². The van der Waals surface area contributed by atoms with Gasteiger partial charge in [0.05, 0.1) is 18.5 Å². The summed E-state index contributed by atoms with van der Waals surface area (Å²) in [5, 5.41) is 3.29. The Morgan fingerprint density at radius 2 is 1.66 bits per heavy atom. The van der Waals surface area contributed by atoms with Crippen molar-refractivity contribution in [2.45, 2.75) is 26.2 Å². The number of anilines is 1. The first-order valence-corrected chi connectivity index (χ1v) is 11.4. The fourth-order valence-corrected chi connectivity index (χ4v) is 3.59. The number of ether oxygens (including phenoxy) is 1. The van der Waals surface area contributed by atoms with Crippen molar-refractivity contribution in [1.82, 2.24) is 5.32 Å². The summed E-state index contributed by atoms with van der Waals surface area (Å²) in [6.45, 7) is 6.45. The molecule has 0 radical (unpaired) electrons. The summed E-state index contributed by atoms with van der Waals surface area (Å²) in [5.41, 5.74) is 1.49. The topological polar surface area (TPSA) is 75.7 Å². The third kappa shape index (κ3) is 7.25. The Morgan fingerprint density at radius 3 is 2.17 bits per heavy atom. The monoisotopic (exact) mass is 438 g/mol. The van der Waals surface area contributed by atoms with Gasteiger partial charge in [-0.1, -0.05) is 44.5 Å². The Kier molecular flexibility index (Phi) is 7.54. The number of benzene rings is 2. The maximum atomic E-state index is 12.3. The molecular formula is C21H27ClN2O4S. The first-order chi connectivity index (χ1) is 13.5. The van der Waals surface area contributed by atoms with Crippen molar-refractivity contribution >= 4 is 33.2 Å². The number of rotatable bonds is 8. The molecule has 2 aromatic rings. The van der Waals surface area contributed by atoms with E-state index in [1.165, 1.54) is 0 Å². The van der Waals surface area contributed by atoms with Gasteiger partial charge in [-0.05, 0) is 47.4 Å². The zero-order valence-corrected chi connectivity index (χ0v) is 18.7. The number of hydrogen-bond acceptors (Lipinski definition) is 4. The molecule has 0 bridgehead atoms. The van der Waals surface area contributed by atoms with Crippen LogP contribution >= 0.6 is 11.6 Å². The lowest BCUT2D eigenvalue weighted by Gasteiger charge is -2.24. The Balaban J connectivity index is 1.94. The van der Waals surface area contributed by atoms with Crippen LogP contribution < -0.4 is 14.4 Å².